The molecule has 1 rings (SSSR count). The monoisotopic (exact) mass is 194 g/mol. The summed E-state index contributed by atoms with van der Waals surface area (Å²) in [6, 6.07) is -0.166. The molecule has 0 saturated heterocycles. The van der Waals surface area contributed by atoms with Gasteiger partial charge in [-0.3, -0.25) is 0 Å². The molecular formula is C6H5F3N2O2. The van der Waals surface area contributed by atoms with Gasteiger partial charge in [0.2, 0.25) is 0 Å². The Hall–Kier alpha value is -1.53. The number of nitrogens with zero attached hydrogens (tertiary/aromatic N) is 1. The normalized spacial score (nSPS) is 11.4. The minimum Gasteiger partial charge on any atom is -0.389 e. The molecule has 0 aromatic carbocycles. The van der Waals surface area contributed by atoms with Crippen LogP contribution in [0, 0.1) is 0 Å². The fourth-order valence-corrected chi connectivity index (χ4v) is 0.653. The highest BCUT2D eigenvalue weighted by atomic mass is 19.4. The molecule has 0 aliphatic rings. The van der Waals surface area contributed by atoms with Crippen LogP contribution in [0.15, 0.2) is 15.3 Å². The maximum Gasteiger partial charge on any atom is 0.433 e. The Balaban J connectivity index is 3.24. The van der Waals surface area contributed by atoms with Gasteiger partial charge in [0, 0.05) is 7.05 Å². The molecule has 7 heteroatoms. The Morgan fingerprint density at radius 2 is 2.15 bits per heavy atom. The lowest BCUT2D eigenvalue weighted by Crippen LogP contribution is -2.14. The summed E-state index contributed by atoms with van der Waals surface area (Å²) in [7, 11) is 1.30. The van der Waals surface area contributed by atoms with Crippen molar-refractivity contribution < 1.29 is 17.6 Å². The van der Waals surface area contributed by atoms with Crippen LogP contribution in [-0.4, -0.2) is 12.0 Å². The van der Waals surface area contributed by atoms with Crippen molar-refractivity contribution in [3.05, 3.63) is 22.2 Å². The van der Waals surface area contributed by atoms with Crippen LogP contribution in [0.1, 0.15) is 5.69 Å². The number of hydrogen-bond acceptors (Lipinski definition) is 4. The Bertz CT molecular complexity index is 358. The summed E-state index contributed by atoms with van der Waals surface area (Å²) in [6.45, 7) is 0. The Morgan fingerprint density at radius 3 is 2.62 bits per heavy atom. The second kappa shape index (κ2) is 3.08. The first-order chi connectivity index (χ1) is 5.93. The first-order valence-electron chi connectivity index (χ1n) is 3.20. The minimum absolute atomic E-state index is 0.292. The smallest absolute Gasteiger partial charge is 0.389 e. The summed E-state index contributed by atoms with van der Waals surface area (Å²) in [6.07, 6.45) is -4.64. The SMILES string of the molecule is CNc1nc(C(F)(F)F)cc(=O)o1. The average molecular weight is 194 g/mol. The topological polar surface area (TPSA) is 55.1 Å². The zero-order valence-electron chi connectivity index (χ0n) is 6.47. The maximum atomic E-state index is 12.0. The maximum absolute atomic E-state index is 12.0. The standard InChI is InChI=1S/C6H5F3N2O2/c1-10-5-11-3(6(7,8)9)2-4(12)13-5/h2H,1H3,(H,10,11). The fraction of sp³-hybridized carbons (Fsp3) is 0.333. The predicted octanol–water partition coefficient (Wildman–Crippen LogP) is 1.10. The van der Waals surface area contributed by atoms with Crippen LogP contribution in [-0.2, 0) is 6.18 Å². The van der Waals surface area contributed by atoms with E-state index in [1.165, 1.54) is 7.05 Å². The number of aromatic nitrogens is 1. The molecule has 13 heavy (non-hydrogen) atoms. The molecule has 1 heterocycles. The molecule has 1 N–H and O–H groups in total. The van der Waals surface area contributed by atoms with E-state index in [0.717, 1.165) is 0 Å². The van der Waals surface area contributed by atoms with Crippen molar-refractivity contribution in [2.45, 2.75) is 6.18 Å². The summed E-state index contributed by atoms with van der Waals surface area (Å²) in [5.41, 5.74) is -2.36. The quantitative estimate of drug-likeness (QED) is 0.727. The number of halogens is 3. The van der Waals surface area contributed by atoms with Gasteiger partial charge >= 0.3 is 11.8 Å². The highest BCUT2D eigenvalue weighted by Crippen LogP contribution is 2.26. The van der Waals surface area contributed by atoms with Crippen molar-refractivity contribution in [3.63, 3.8) is 0 Å². The third kappa shape index (κ3) is 2.20. The van der Waals surface area contributed by atoms with E-state index in [2.05, 4.69) is 14.7 Å². The Labute approximate surface area is 70.4 Å². The number of alkyl halides is 3. The number of rotatable bonds is 1. The van der Waals surface area contributed by atoms with E-state index in [1.54, 1.807) is 0 Å². The molecule has 0 unspecified atom stereocenters. The lowest BCUT2D eigenvalue weighted by atomic mass is 10.4. The summed E-state index contributed by atoms with van der Waals surface area (Å²) in [4.78, 5) is 13.6. The lowest BCUT2D eigenvalue weighted by molar-refractivity contribution is -0.141. The molecule has 0 spiro atoms. The van der Waals surface area contributed by atoms with Gasteiger partial charge in [-0.05, 0) is 0 Å². The fourth-order valence-electron chi connectivity index (χ4n) is 0.653. The second-order valence-electron chi connectivity index (χ2n) is 2.12. The van der Waals surface area contributed by atoms with E-state index >= 15 is 0 Å². The number of nitrogens with one attached hydrogen (secondary N) is 1. The van der Waals surface area contributed by atoms with Crippen molar-refractivity contribution in [2.24, 2.45) is 0 Å². The first-order valence-corrected chi connectivity index (χ1v) is 3.20. The molecule has 0 fully saturated rings. The molecule has 1 aromatic rings. The van der Waals surface area contributed by atoms with E-state index < -0.39 is 23.5 Å². The van der Waals surface area contributed by atoms with E-state index in [0.29, 0.717) is 6.07 Å². The molecule has 0 radical (unpaired) electrons. The van der Waals surface area contributed by atoms with Crippen LogP contribution in [0.5, 0.6) is 0 Å². The van der Waals surface area contributed by atoms with Gasteiger partial charge < -0.3 is 9.73 Å². The van der Waals surface area contributed by atoms with E-state index in [-0.39, 0.29) is 0 Å². The summed E-state index contributed by atoms with van der Waals surface area (Å²) in [5.74, 6) is 0. The van der Waals surface area contributed by atoms with Gasteiger partial charge in [-0.2, -0.15) is 18.2 Å². The van der Waals surface area contributed by atoms with E-state index in [1.807, 2.05) is 0 Å². The molecular weight excluding hydrogens is 189 g/mol. The summed E-state index contributed by atoms with van der Waals surface area (Å²) in [5, 5.41) is 2.20. The molecule has 0 aliphatic heterocycles. The third-order valence-electron chi connectivity index (χ3n) is 1.18. The molecule has 0 bridgehead atoms. The van der Waals surface area contributed by atoms with Crippen LogP contribution >= 0.6 is 0 Å². The summed E-state index contributed by atoms with van der Waals surface area (Å²) < 4.78 is 40.3. The van der Waals surface area contributed by atoms with E-state index in [9.17, 15) is 18.0 Å². The average Bonchev–Trinajstić information content (AvgIpc) is 2.01. The zero-order valence-corrected chi connectivity index (χ0v) is 6.47. The van der Waals surface area contributed by atoms with Gasteiger partial charge in [0.25, 0.3) is 6.01 Å². The van der Waals surface area contributed by atoms with Gasteiger partial charge in [0.15, 0.2) is 5.69 Å². The van der Waals surface area contributed by atoms with Crippen LogP contribution < -0.4 is 10.9 Å². The van der Waals surface area contributed by atoms with Crippen LogP contribution in [0.4, 0.5) is 19.2 Å². The highest BCUT2D eigenvalue weighted by Gasteiger charge is 2.33. The largest absolute Gasteiger partial charge is 0.433 e. The molecule has 72 valence electrons. The summed E-state index contributed by atoms with van der Waals surface area (Å²) >= 11 is 0. The second-order valence-corrected chi connectivity index (χ2v) is 2.12. The van der Waals surface area contributed by atoms with Gasteiger partial charge in [-0.1, -0.05) is 0 Å². The lowest BCUT2D eigenvalue weighted by Gasteiger charge is -2.04. The molecule has 4 nitrogen and oxygen atoms in total. The van der Waals surface area contributed by atoms with Crippen molar-refractivity contribution in [1.29, 1.82) is 0 Å². The van der Waals surface area contributed by atoms with Crippen molar-refractivity contribution in [3.8, 4) is 0 Å². The molecule has 0 amide bonds. The first kappa shape index (κ1) is 9.56. The number of hydrogen-bond donors (Lipinski definition) is 1. The zero-order chi connectivity index (χ0) is 10.1. The predicted molar refractivity (Wildman–Crippen MR) is 37.3 cm³/mol. The molecule has 0 atom stereocenters. The van der Waals surface area contributed by atoms with Crippen molar-refractivity contribution in [1.82, 2.24) is 4.98 Å². The Morgan fingerprint density at radius 1 is 1.54 bits per heavy atom. The van der Waals surface area contributed by atoms with Crippen LogP contribution in [0.25, 0.3) is 0 Å². The van der Waals surface area contributed by atoms with Gasteiger partial charge in [-0.15, -0.1) is 0 Å². The molecule has 0 saturated carbocycles. The van der Waals surface area contributed by atoms with E-state index in [4.69, 9.17) is 0 Å². The minimum atomic E-state index is -4.64. The van der Waals surface area contributed by atoms with Crippen LogP contribution in [0.2, 0.25) is 0 Å². The van der Waals surface area contributed by atoms with Crippen molar-refractivity contribution in [2.75, 3.05) is 12.4 Å². The highest BCUT2D eigenvalue weighted by molar-refractivity contribution is 5.20. The Kier molecular flexibility index (Phi) is 2.26. The third-order valence-corrected chi connectivity index (χ3v) is 1.18. The van der Waals surface area contributed by atoms with Gasteiger partial charge in [0.1, 0.15) is 0 Å². The van der Waals surface area contributed by atoms with Gasteiger partial charge in [0.05, 0.1) is 6.07 Å². The van der Waals surface area contributed by atoms with Gasteiger partial charge in [-0.25, -0.2) is 4.79 Å². The van der Waals surface area contributed by atoms with Crippen LogP contribution in [0.3, 0.4) is 0 Å². The molecule has 0 aliphatic carbocycles. The molecule has 1 aromatic heterocycles. The number of anilines is 1. The van der Waals surface area contributed by atoms with Crippen molar-refractivity contribution >= 4 is 6.01 Å².